The highest BCUT2D eigenvalue weighted by molar-refractivity contribution is 5.65. The van der Waals surface area contributed by atoms with E-state index in [-0.39, 0.29) is 0 Å². The van der Waals surface area contributed by atoms with E-state index in [4.69, 9.17) is 4.89 Å². The third kappa shape index (κ3) is 3.34. The van der Waals surface area contributed by atoms with Gasteiger partial charge < -0.3 is 0 Å². The molecule has 0 saturated heterocycles. The summed E-state index contributed by atoms with van der Waals surface area (Å²) in [4.78, 5) is 20.1. The van der Waals surface area contributed by atoms with Gasteiger partial charge in [0.2, 0.25) is 0 Å². The zero-order valence-corrected chi connectivity index (χ0v) is 9.89. The molecule has 2 rings (SSSR count). The predicted molar refractivity (Wildman–Crippen MR) is 64.0 cm³/mol. The Morgan fingerprint density at radius 2 is 2.06 bits per heavy atom. The van der Waals surface area contributed by atoms with Gasteiger partial charge >= 0.3 is 5.97 Å². The second-order valence-electron chi connectivity index (χ2n) is 4.21. The number of hydrogen-bond donors (Lipinski definition) is 0. The van der Waals surface area contributed by atoms with Crippen molar-refractivity contribution in [1.29, 1.82) is 0 Å². The molecule has 0 aromatic heterocycles. The summed E-state index contributed by atoms with van der Waals surface area (Å²) in [7, 11) is 0. The Kier molecular flexibility index (Phi) is 3.81. The van der Waals surface area contributed by atoms with Crippen molar-refractivity contribution in [2.24, 2.45) is 0 Å². The minimum absolute atomic E-state index is 0.420. The lowest BCUT2D eigenvalue weighted by Crippen LogP contribution is -2.08. The van der Waals surface area contributed by atoms with Crippen LogP contribution < -0.4 is 0 Å². The fraction of sp³-hybridized carbons (Fsp3) is 0.357. The van der Waals surface area contributed by atoms with E-state index < -0.39 is 5.97 Å². The minimum atomic E-state index is -0.420. The van der Waals surface area contributed by atoms with Crippen LogP contribution in [0.4, 0.5) is 0 Å². The summed E-state index contributed by atoms with van der Waals surface area (Å²) in [5.74, 6) is 0.879. The molecule has 1 unspecified atom stereocenters. The molecule has 1 aliphatic rings. The molecule has 17 heavy (non-hydrogen) atoms. The van der Waals surface area contributed by atoms with Gasteiger partial charge in [-0.2, -0.15) is 0 Å². The minimum Gasteiger partial charge on any atom is -0.292 e. The number of carbonyl (C=O) groups is 1. The fourth-order valence-electron chi connectivity index (χ4n) is 2.03. The van der Waals surface area contributed by atoms with Gasteiger partial charge in [0.25, 0.3) is 0 Å². The van der Waals surface area contributed by atoms with Crippen molar-refractivity contribution < 1.29 is 14.6 Å². The third-order valence-electron chi connectivity index (χ3n) is 2.91. The molecular formula is C14H16O3. The molecule has 1 aliphatic carbocycles. The standard InChI is InChI=1S/C14H16O3/c1-11(15)16-17-14-9-7-13(8-10-14)12-5-3-2-4-6-12/h2-6,9,13H,7-8,10H2,1H3. The van der Waals surface area contributed by atoms with E-state index in [0.717, 1.165) is 25.0 Å². The van der Waals surface area contributed by atoms with E-state index in [1.807, 2.05) is 12.1 Å². The Morgan fingerprint density at radius 3 is 2.65 bits per heavy atom. The van der Waals surface area contributed by atoms with Crippen LogP contribution in [0.25, 0.3) is 0 Å². The lowest BCUT2D eigenvalue weighted by Gasteiger charge is -2.21. The van der Waals surface area contributed by atoms with Gasteiger partial charge in [-0.15, -0.1) is 0 Å². The van der Waals surface area contributed by atoms with Crippen LogP contribution in [0, 0.1) is 0 Å². The van der Waals surface area contributed by atoms with Crippen LogP contribution >= 0.6 is 0 Å². The number of benzene rings is 1. The van der Waals surface area contributed by atoms with E-state index in [1.165, 1.54) is 12.5 Å². The molecule has 0 N–H and O–H groups in total. The van der Waals surface area contributed by atoms with Crippen molar-refractivity contribution in [3.05, 3.63) is 47.7 Å². The van der Waals surface area contributed by atoms with E-state index in [2.05, 4.69) is 29.2 Å². The summed E-state index contributed by atoms with van der Waals surface area (Å²) in [6, 6.07) is 10.4. The van der Waals surface area contributed by atoms with E-state index in [9.17, 15) is 4.79 Å². The first kappa shape index (κ1) is 11.7. The molecule has 0 aliphatic heterocycles. The molecule has 0 radical (unpaired) electrons. The number of carbonyl (C=O) groups excluding carboxylic acids is 1. The summed E-state index contributed by atoms with van der Waals surface area (Å²) in [5, 5.41) is 0. The van der Waals surface area contributed by atoms with Crippen molar-refractivity contribution in [2.45, 2.75) is 32.1 Å². The van der Waals surface area contributed by atoms with E-state index in [1.54, 1.807) is 0 Å². The van der Waals surface area contributed by atoms with Crippen molar-refractivity contribution in [3.63, 3.8) is 0 Å². The first-order valence-electron chi connectivity index (χ1n) is 5.85. The van der Waals surface area contributed by atoms with Gasteiger partial charge in [-0.25, -0.2) is 4.79 Å². The Hall–Kier alpha value is -1.77. The molecule has 0 spiro atoms. The second-order valence-corrected chi connectivity index (χ2v) is 4.21. The second kappa shape index (κ2) is 5.53. The molecule has 0 saturated carbocycles. The van der Waals surface area contributed by atoms with Gasteiger partial charge in [0, 0.05) is 13.3 Å². The van der Waals surface area contributed by atoms with E-state index in [0.29, 0.717) is 5.92 Å². The monoisotopic (exact) mass is 232 g/mol. The fourth-order valence-corrected chi connectivity index (χ4v) is 2.03. The molecule has 1 atom stereocenters. The topological polar surface area (TPSA) is 35.5 Å². The largest absolute Gasteiger partial charge is 0.352 e. The van der Waals surface area contributed by atoms with Crippen LogP contribution in [0.15, 0.2) is 42.2 Å². The van der Waals surface area contributed by atoms with Crippen molar-refractivity contribution in [1.82, 2.24) is 0 Å². The first-order valence-corrected chi connectivity index (χ1v) is 5.85. The van der Waals surface area contributed by atoms with Crippen LogP contribution in [-0.2, 0) is 14.6 Å². The van der Waals surface area contributed by atoms with Crippen LogP contribution in [0.1, 0.15) is 37.7 Å². The SMILES string of the molecule is CC(=O)OOC1=CCC(c2ccccc2)CC1. The average Bonchev–Trinajstić information content (AvgIpc) is 2.38. The van der Waals surface area contributed by atoms with Gasteiger partial charge in [-0.1, -0.05) is 30.3 Å². The normalized spacial score (nSPS) is 19.4. The van der Waals surface area contributed by atoms with Gasteiger partial charge in [0.1, 0.15) is 0 Å². The van der Waals surface area contributed by atoms with Crippen molar-refractivity contribution in [2.75, 3.05) is 0 Å². The smallest absolute Gasteiger partial charge is 0.292 e. The molecule has 3 nitrogen and oxygen atoms in total. The highest BCUT2D eigenvalue weighted by Gasteiger charge is 2.17. The molecular weight excluding hydrogens is 216 g/mol. The molecule has 0 heterocycles. The maximum Gasteiger partial charge on any atom is 0.352 e. The molecule has 1 aromatic carbocycles. The zero-order valence-electron chi connectivity index (χ0n) is 9.89. The lowest BCUT2D eigenvalue weighted by atomic mass is 9.87. The van der Waals surface area contributed by atoms with Crippen molar-refractivity contribution in [3.8, 4) is 0 Å². The first-order chi connectivity index (χ1) is 8.25. The Morgan fingerprint density at radius 1 is 1.29 bits per heavy atom. The summed E-state index contributed by atoms with van der Waals surface area (Å²) in [6.45, 7) is 1.33. The molecule has 1 aromatic rings. The maximum absolute atomic E-state index is 10.6. The molecule has 0 fully saturated rings. The molecule has 0 bridgehead atoms. The molecule has 3 heteroatoms. The number of hydrogen-bond acceptors (Lipinski definition) is 3. The van der Waals surface area contributed by atoms with Gasteiger partial charge in [-0.3, -0.25) is 9.78 Å². The van der Waals surface area contributed by atoms with Crippen molar-refractivity contribution >= 4 is 5.97 Å². The number of allylic oxidation sites excluding steroid dienone is 2. The van der Waals surface area contributed by atoms with Gasteiger partial charge in [0.05, 0.1) is 0 Å². The summed E-state index contributed by atoms with van der Waals surface area (Å²) in [5.41, 5.74) is 1.36. The van der Waals surface area contributed by atoms with Crippen LogP contribution in [-0.4, -0.2) is 5.97 Å². The number of rotatable bonds is 3. The maximum atomic E-state index is 10.6. The Bertz CT molecular complexity index is 409. The Balaban J connectivity index is 1.91. The zero-order chi connectivity index (χ0) is 12.1. The average molecular weight is 232 g/mol. The molecule has 90 valence electrons. The van der Waals surface area contributed by atoms with E-state index >= 15 is 0 Å². The predicted octanol–water partition coefficient (Wildman–Crippen LogP) is 3.33. The Labute approximate surface area is 101 Å². The lowest BCUT2D eigenvalue weighted by molar-refractivity contribution is -0.247. The highest BCUT2D eigenvalue weighted by Crippen LogP contribution is 2.32. The van der Waals surface area contributed by atoms with Crippen LogP contribution in [0.2, 0.25) is 0 Å². The van der Waals surface area contributed by atoms with Gasteiger partial charge in [0.15, 0.2) is 5.76 Å². The highest BCUT2D eigenvalue weighted by atomic mass is 17.2. The third-order valence-corrected chi connectivity index (χ3v) is 2.91. The summed E-state index contributed by atoms with van der Waals surface area (Å²) in [6.07, 6.45) is 4.77. The van der Waals surface area contributed by atoms with Crippen LogP contribution in [0.5, 0.6) is 0 Å². The molecule has 0 amide bonds. The van der Waals surface area contributed by atoms with Crippen LogP contribution in [0.3, 0.4) is 0 Å². The summed E-state index contributed by atoms with van der Waals surface area (Å²) >= 11 is 0. The summed E-state index contributed by atoms with van der Waals surface area (Å²) < 4.78 is 0. The van der Waals surface area contributed by atoms with Gasteiger partial charge in [-0.05, 0) is 30.4 Å². The quantitative estimate of drug-likeness (QED) is 0.592.